The number of carbonyl (C=O) groups is 2. The molecule has 5 nitrogen and oxygen atoms in total. The molecule has 1 aromatic heterocycles. The number of amides is 1. The molecule has 5 heteroatoms. The Bertz CT molecular complexity index is 683. The SMILES string of the molecule is O=C(O)[C@H]1CC(=O)N(c2ccc(Cc3ccncc3)cc2)C1. The summed E-state index contributed by atoms with van der Waals surface area (Å²) >= 11 is 0. The zero-order chi connectivity index (χ0) is 15.5. The smallest absolute Gasteiger partial charge is 0.308 e. The maximum Gasteiger partial charge on any atom is 0.308 e. The molecule has 0 unspecified atom stereocenters. The molecule has 1 N–H and O–H groups in total. The average molecular weight is 296 g/mol. The van der Waals surface area contributed by atoms with E-state index in [9.17, 15) is 9.59 Å². The number of benzene rings is 1. The number of rotatable bonds is 4. The van der Waals surface area contributed by atoms with Crippen molar-refractivity contribution in [2.75, 3.05) is 11.4 Å². The molecule has 22 heavy (non-hydrogen) atoms. The molecule has 0 bridgehead atoms. The van der Waals surface area contributed by atoms with Crippen LogP contribution in [0.5, 0.6) is 0 Å². The molecule has 2 heterocycles. The molecule has 1 aromatic carbocycles. The predicted octanol–water partition coefficient (Wildman–Crippen LogP) is 2.11. The number of aromatic nitrogens is 1. The third kappa shape index (κ3) is 2.98. The van der Waals surface area contributed by atoms with Crippen molar-refractivity contribution in [2.45, 2.75) is 12.8 Å². The van der Waals surface area contributed by atoms with Gasteiger partial charge < -0.3 is 10.0 Å². The van der Waals surface area contributed by atoms with Crippen molar-refractivity contribution in [1.29, 1.82) is 0 Å². The molecule has 0 aliphatic carbocycles. The van der Waals surface area contributed by atoms with Crippen molar-refractivity contribution in [1.82, 2.24) is 4.98 Å². The van der Waals surface area contributed by atoms with Gasteiger partial charge in [0, 0.05) is 31.0 Å². The lowest BCUT2D eigenvalue weighted by atomic mass is 10.1. The molecule has 3 rings (SSSR count). The molecule has 1 amide bonds. The highest BCUT2D eigenvalue weighted by Gasteiger charge is 2.34. The van der Waals surface area contributed by atoms with Crippen LogP contribution >= 0.6 is 0 Å². The van der Waals surface area contributed by atoms with Crippen LogP contribution in [0.1, 0.15) is 17.5 Å². The lowest BCUT2D eigenvalue weighted by Gasteiger charge is -2.16. The van der Waals surface area contributed by atoms with Crippen molar-refractivity contribution < 1.29 is 14.7 Å². The summed E-state index contributed by atoms with van der Waals surface area (Å²) in [6, 6.07) is 11.6. The normalized spacial score (nSPS) is 17.7. The van der Waals surface area contributed by atoms with Crippen LogP contribution in [0.3, 0.4) is 0 Å². The topological polar surface area (TPSA) is 70.5 Å². The van der Waals surface area contributed by atoms with E-state index in [0.717, 1.165) is 17.7 Å². The van der Waals surface area contributed by atoms with Gasteiger partial charge >= 0.3 is 5.97 Å². The number of nitrogens with zero attached hydrogens (tertiary/aromatic N) is 2. The number of carbonyl (C=O) groups excluding carboxylic acids is 1. The second kappa shape index (κ2) is 5.97. The Morgan fingerprint density at radius 2 is 1.77 bits per heavy atom. The maximum atomic E-state index is 11.9. The highest BCUT2D eigenvalue weighted by Crippen LogP contribution is 2.25. The van der Waals surface area contributed by atoms with Crippen LogP contribution in [-0.4, -0.2) is 28.5 Å². The summed E-state index contributed by atoms with van der Waals surface area (Å²) < 4.78 is 0. The summed E-state index contributed by atoms with van der Waals surface area (Å²) in [7, 11) is 0. The van der Waals surface area contributed by atoms with Gasteiger partial charge in [-0.2, -0.15) is 0 Å². The van der Waals surface area contributed by atoms with Crippen LogP contribution < -0.4 is 4.90 Å². The second-order valence-corrected chi connectivity index (χ2v) is 5.44. The van der Waals surface area contributed by atoms with Crippen LogP contribution in [0.25, 0.3) is 0 Å². The fourth-order valence-electron chi connectivity index (χ4n) is 2.65. The number of hydrogen-bond acceptors (Lipinski definition) is 3. The Morgan fingerprint density at radius 1 is 1.14 bits per heavy atom. The van der Waals surface area contributed by atoms with E-state index in [1.807, 2.05) is 36.4 Å². The van der Waals surface area contributed by atoms with Crippen molar-refractivity contribution in [2.24, 2.45) is 5.92 Å². The summed E-state index contributed by atoms with van der Waals surface area (Å²) in [4.78, 5) is 28.5. The van der Waals surface area contributed by atoms with E-state index in [0.29, 0.717) is 0 Å². The highest BCUT2D eigenvalue weighted by molar-refractivity contribution is 5.99. The molecule has 0 radical (unpaired) electrons. The van der Waals surface area contributed by atoms with Crippen LogP contribution in [-0.2, 0) is 16.0 Å². The van der Waals surface area contributed by atoms with Crippen LogP contribution in [0.15, 0.2) is 48.8 Å². The van der Waals surface area contributed by atoms with Crippen molar-refractivity contribution in [3.63, 3.8) is 0 Å². The van der Waals surface area contributed by atoms with E-state index in [4.69, 9.17) is 5.11 Å². The summed E-state index contributed by atoms with van der Waals surface area (Å²) in [5.41, 5.74) is 3.06. The molecular weight excluding hydrogens is 280 g/mol. The molecule has 1 aliphatic rings. The van der Waals surface area contributed by atoms with E-state index < -0.39 is 11.9 Å². The van der Waals surface area contributed by atoms with E-state index in [1.165, 1.54) is 5.56 Å². The largest absolute Gasteiger partial charge is 0.481 e. The number of aliphatic carboxylic acids is 1. The Hall–Kier alpha value is -2.69. The van der Waals surface area contributed by atoms with Crippen LogP contribution in [0.2, 0.25) is 0 Å². The summed E-state index contributed by atoms with van der Waals surface area (Å²) in [6.45, 7) is 0.248. The first kappa shape index (κ1) is 14.3. The lowest BCUT2D eigenvalue weighted by Crippen LogP contribution is -2.25. The van der Waals surface area contributed by atoms with Gasteiger partial charge in [0.25, 0.3) is 0 Å². The Morgan fingerprint density at radius 3 is 2.36 bits per heavy atom. The number of anilines is 1. The minimum Gasteiger partial charge on any atom is -0.481 e. The van der Waals surface area contributed by atoms with Gasteiger partial charge in [-0.05, 0) is 41.8 Å². The van der Waals surface area contributed by atoms with Gasteiger partial charge in [-0.25, -0.2) is 0 Å². The van der Waals surface area contributed by atoms with E-state index in [-0.39, 0.29) is 18.9 Å². The third-order valence-electron chi connectivity index (χ3n) is 3.88. The first-order chi connectivity index (χ1) is 10.6. The molecule has 1 atom stereocenters. The Labute approximate surface area is 128 Å². The molecule has 0 spiro atoms. The highest BCUT2D eigenvalue weighted by atomic mass is 16.4. The summed E-state index contributed by atoms with van der Waals surface area (Å²) in [5, 5.41) is 9.02. The maximum absolute atomic E-state index is 11.9. The average Bonchev–Trinajstić information content (AvgIpc) is 2.91. The minimum absolute atomic E-state index is 0.0775. The van der Waals surface area contributed by atoms with E-state index in [2.05, 4.69) is 4.98 Å². The van der Waals surface area contributed by atoms with Gasteiger partial charge in [-0.15, -0.1) is 0 Å². The summed E-state index contributed by atoms with van der Waals surface area (Å²) in [5.74, 6) is -1.65. The van der Waals surface area contributed by atoms with Gasteiger partial charge in [-0.1, -0.05) is 12.1 Å². The van der Waals surface area contributed by atoms with Gasteiger partial charge in [0.1, 0.15) is 0 Å². The standard InChI is InChI=1S/C17H16N2O3/c20-16-10-14(17(21)22)11-19(16)15-3-1-12(2-4-15)9-13-5-7-18-8-6-13/h1-8,14H,9-11H2,(H,21,22)/t14-/m0/s1. The molecule has 0 saturated carbocycles. The molecule has 1 aliphatic heterocycles. The Kier molecular flexibility index (Phi) is 3.87. The van der Waals surface area contributed by atoms with Crippen molar-refractivity contribution in [3.8, 4) is 0 Å². The lowest BCUT2D eigenvalue weighted by molar-refractivity contribution is -0.141. The van der Waals surface area contributed by atoms with Gasteiger partial charge in [0.05, 0.1) is 5.92 Å². The third-order valence-corrected chi connectivity index (χ3v) is 3.88. The first-order valence-electron chi connectivity index (χ1n) is 7.14. The molecule has 1 fully saturated rings. The van der Waals surface area contributed by atoms with E-state index >= 15 is 0 Å². The monoisotopic (exact) mass is 296 g/mol. The minimum atomic E-state index is -0.912. The van der Waals surface area contributed by atoms with Gasteiger partial charge in [-0.3, -0.25) is 14.6 Å². The van der Waals surface area contributed by atoms with Gasteiger partial charge in [0.2, 0.25) is 5.91 Å². The number of carboxylic acid groups (broad SMARTS) is 1. The summed E-state index contributed by atoms with van der Waals surface area (Å²) in [6.07, 6.45) is 4.40. The Balaban J connectivity index is 1.72. The van der Waals surface area contributed by atoms with Crippen molar-refractivity contribution in [3.05, 3.63) is 59.9 Å². The van der Waals surface area contributed by atoms with Crippen LogP contribution in [0.4, 0.5) is 5.69 Å². The molecule has 2 aromatic rings. The van der Waals surface area contributed by atoms with Gasteiger partial charge in [0.15, 0.2) is 0 Å². The number of carboxylic acids is 1. The van der Waals surface area contributed by atoms with Crippen LogP contribution in [0, 0.1) is 5.92 Å². The predicted molar refractivity (Wildman–Crippen MR) is 81.6 cm³/mol. The molecular formula is C17H16N2O3. The van der Waals surface area contributed by atoms with E-state index in [1.54, 1.807) is 17.3 Å². The quantitative estimate of drug-likeness (QED) is 0.938. The second-order valence-electron chi connectivity index (χ2n) is 5.44. The zero-order valence-electron chi connectivity index (χ0n) is 12.0. The fourth-order valence-corrected chi connectivity index (χ4v) is 2.65. The first-order valence-corrected chi connectivity index (χ1v) is 7.14. The number of hydrogen-bond donors (Lipinski definition) is 1. The fraction of sp³-hybridized carbons (Fsp3) is 0.235. The number of pyridine rings is 1. The molecule has 112 valence electrons. The zero-order valence-corrected chi connectivity index (χ0v) is 12.0. The molecule has 1 saturated heterocycles. The van der Waals surface area contributed by atoms with Crippen molar-refractivity contribution >= 4 is 17.6 Å².